The van der Waals surface area contributed by atoms with E-state index in [2.05, 4.69) is 0 Å². The Bertz CT molecular complexity index is 236. The molecule has 0 aromatic carbocycles. The Hall–Kier alpha value is 2.54. The number of hydrogen-bond acceptors (Lipinski definition) is 4. The molecule has 11 heteroatoms. The van der Waals surface area contributed by atoms with Gasteiger partial charge >= 0.3 is 102 Å². The maximum Gasteiger partial charge on any atom is 1.00 e. The SMILES string of the molecule is O=C(O)CN(CCO)CP(=O)(O)O.[H-].[H-].[H-].[Na+].[Na+].[Na+]. The van der Waals surface area contributed by atoms with Crippen molar-refractivity contribution in [1.29, 1.82) is 0 Å². The standard InChI is InChI=1S/C5H12NO6P.3Na.3H/c7-2-1-6(3-5(8)9)4-13(10,11)12;;;;;;/h7H,1-4H2,(H,8,9)(H2,10,11,12);;;;;;/q;3*+1;3*-1. The molecular weight excluding hydrogens is 270 g/mol. The summed E-state index contributed by atoms with van der Waals surface area (Å²) in [5.74, 6) is -1.19. The quantitative estimate of drug-likeness (QED) is 0.283. The first-order valence-corrected chi connectivity index (χ1v) is 5.24. The van der Waals surface area contributed by atoms with Gasteiger partial charge in [-0.3, -0.25) is 14.3 Å². The molecule has 4 N–H and O–H groups in total. The zero-order valence-electron chi connectivity index (χ0n) is 12.8. The number of carbonyl (C=O) groups is 1. The van der Waals surface area contributed by atoms with Crippen molar-refractivity contribution in [2.75, 3.05) is 26.0 Å². The zero-order valence-corrected chi connectivity index (χ0v) is 16.7. The molecule has 0 aliphatic heterocycles. The van der Waals surface area contributed by atoms with E-state index in [1.165, 1.54) is 0 Å². The van der Waals surface area contributed by atoms with Crippen LogP contribution in [-0.2, 0) is 9.36 Å². The van der Waals surface area contributed by atoms with Crippen LogP contribution in [0.1, 0.15) is 4.28 Å². The molecule has 84 valence electrons. The molecular formula is C5H15NNa3O6P. The van der Waals surface area contributed by atoms with E-state index in [1.807, 2.05) is 0 Å². The first kappa shape index (κ1) is 27.0. The number of rotatable bonds is 6. The van der Waals surface area contributed by atoms with Gasteiger partial charge in [0, 0.05) is 6.54 Å². The van der Waals surface area contributed by atoms with Gasteiger partial charge in [0.2, 0.25) is 0 Å². The van der Waals surface area contributed by atoms with E-state index in [-0.39, 0.29) is 106 Å². The molecule has 0 amide bonds. The second kappa shape index (κ2) is 14.0. The van der Waals surface area contributed by atoms with E-state index in [4.69, 9.17) is 20.0 Å². The second-order valence-corrected chi connectivity index (χ2v) is 4.09. The van der Waals surface area contributed by atoms with Crippen molar-refractivity contribution in [2.45, 2.75) is 0 Å². The van der Waals surface area contributed by atoms with Crippen molar-refractivity contribution < 1.29 is 122 Å². The third-order valence-corrected chi connectivity index (χ3v) is 1.93. The normalized spacial score (nSPS) is 9.75. The van der Waals surface area contributed by atoms with E-state index in [0.29, 0.717) is 0 Å². The number of aliphatic hydroxyl groups excluding tert-OH is 1. The molecule has 16 heavy (non-hydrogen) atoms. The van der Waals surface area contributed by atoms with Crippen LogP contribution in [0.2, 0.25) is 0 Å². The Kier molecular flexibility index (Phi) is 23.5. The molecule has 0 saturated heterocycles. The van der Waals surface area contributed by atoms with Crippen LogP contribution in [0.5, 0.6) is 0 Å². The van der Waals surface area contributed by atoms with Crippen LogP contribution in [0, 0.1) is 0 Å². The van der Waals surface area contributed by atoms with Crippen LogP contribution in [0.15, 0.2) is 0 Å². The molecule has 0 rings (SSSR count). The predicted octanol–water partition coefficient (Wildman–Crippen LogP) is -10.2. The molecule has 0 spiro atoms. The minimum atomic E-state index is -4.26. The summed E-state index contributed by atoms with van der Waals surface area (Å²) in [6, 6.07) is 0. The Morgan fingerprint density at radius 3 is 1.94 bits per heavy atom. The van der Waals surface area contributed by atoms with Crippen molar-refractivity contribution in [3.05, 3.63) is 0 Å². The first-order chi connectivity index (χ1) is 5.85. The number of nitrogens with zero attached hydrogens (tertiary/aromatic N) is 1. The van der Waals surface area contributed by atoms with E-state index >= 15 is 0 Å². The molecule has 7 nitrogen and oxygen atoms in total. The predicted molar refractivity (Wildman–Crippen MR) is 46.5 cm³/mol. The number of aliphatic hydroxyl groups is 1. The molecule has 0 atom stereocenters. The molecule has 0 saturated carbocycles. The Morgan fingerprint density at radius 2 is 1.69 bits per heavy atom. The summed E-state index contributed by atoms with van der Waals surface area (Å²) in [4.78, 5) is 28.2. The van der Waals surface area contributed by atoms with Gasteiger partial charge in [0.1, 0.15) is 6.29 Å². The number of aliphatic carboxylic acids is 1. The van der Waals surface area contributed by atoms with Crippen molar-refractivity contribution in [1.82, 2.24) is 4.90 Å². The summed E-state index contributed by atoms with van der Waals surface area (Å²) in [6.45, 7) is -0.906. The van der Waals surface area contributed by atoms with Gasteiger partial charge in [-0.25, -0.2) is 0 Å². The van der Waals surface area contributed by atoms with Crippen molar-refractivity contribution in [2.24, 2.45) is 0 Å². The van der Waals surface area contributed by atoms with Gasteiger partial charge < -0.3 is 24.3 Å². The number of carboxylic acids is 1. The average molecular weight is 285 g/mol. The minimum Gasteiger partial charge on any atom is -1.00 e. The number of carboxylic acid groups (broad SMARTS) is 1. The van der Waals surface area contributed by atoms with Crippen LogP contribution in [-0.4, -0.2) is 56.9 Å². The van der Waals surface area contributed by atoms with Crippen LogP contribution in [0.3, 0.4) is 0 Å². The molecule has 0 aromatic rings. The molecule has 0 unspecified atom stereocenters. The summed E-state index contributed by atoms with van der Waals surface area (Å²) in [6.07, 6.45) is -0.653. The molecule has 0 aliphatic rings. The molecule has 0 aliphatic carbocycles. The largest absolute Gasteiger partial charge is 1.00 e. The van der Waals surface area contributed by atoms with Crippen LogP contribution >= 0.6 is 7.60 Å². The molecule has 0 heterocycles. The molecule has 0 bridgehead atoms. The fourth-order valence-corrected chi connectivity index (χ4v) is 1.56. The molecule has 0 radical (unpaired) electrons. The van der Waals surface area contributed by atoms with E-state index in [1.54, 1.807) is 0 Å². The maximum atomic E-state index is 10.5. The van der Waals surface area contributed by atoms with Crippen molar-refractivity contribution in [3.63, 3.8) is 0 Å². The van der Waals surface area contributed by atoms with Crippen LogP contribution < -0.4 is 88.7 Å². The second-order valence-electron chi connectivity index (χ2n) is 2.48. The van der Waals surface area contributed by atoms with Gasteiger partial charge in [0.05, 0.1) is 13.2 Å². The summed E-state index contributed by atoms with van der Waals surface area (Å²) >= 11 is 0. The van der Waals surface area contributed by atoms with Gasteiger partial charge in [0.25, 0.3) is 0 Å². The van der Waals surface area contributed by atoms with Gasteiger partial charge in [-0.05, 0) is 0 Å². The Balaban J connectivity index is -0.0000000480. The summed E-state index contributed by atoms with van der Waals surface area (Å²) in [5, 5.41) is 16.8. The number of hydrogen-bond donors (Lipinski definition) is 4. The van der Waals surface area contributed by atoms with Crippen LogP contribution in [0.4, 0.5) is 0 Å². The van der Waals surface area contributed by atoms with E-state index in [9.17, 15) is 9.36 Å². The fraction of sp³-hybridized carbons (Fsp3) is 0.800. The van der Waals surface area contributed by atoms with Crippen molar-refractivity contribution in [3.8, 4) is 0 Å². The van der Waals surface area contributed by atoms with Gasteiger partial charge in [0.15, 0.2) is 0 Å². The minimum absolute atomic E-state index is 0. The maximum absolute atomic E-state index is 10.5. The summed E-state index contributed by atoms with van der Waals surface area (Å²) in [5.41, 5.74) is 0. The summed E-state index contributed by atoms with van der Waals surface area (Å²) < 4.78 is 10.5. The molecule has 0 aromatic heterocycles. The van der Waals surface area contributed by atoms with Gasteiger partial charge in [-0.1, -0.05) is 0 Å². The third kappa shape index (κ3) is 18.9. The Labute approximate surface area is 164 Å². The first-order valence-electron chi connectivity index (χ1n) is 3.44. The van der Waals surface area contributed by atoms with Crippen LogP contribution in [0.25, 0.3) is 0 Å². The topological polar surface area (TPSA) is 118 Å². The van der Waals surface area contributed by atoms with Crippen molar-refractivity contribution >= 4 is 13.6 Å². The average Bonchev–Trinajstić information content (AvgIpc) is 1.81. The van der Waals surface area contributed by atoms with Gasteiger partial charge in [-0.15, -0.1) is 0 Å². The van der Waals surface area contributed by atoms with E-state index in [0.717, 1.165) is 4.90 Å². The molecule has 0 fully saturated rings. The monoisotopic (exact) mass is 285 g/mol. The fourth-order valence-electron chi connectivity index (χ4n) is 0.793. The van der Waals surface area contributed by atoms with Gasteiger partial charge in [-0.2, -0.15) is 0 Å². The zero-order chi connectivity index (χ0) is 10.5. The van der Waals surface area contributed by atoms with E-state index < -0.39 is 26.4 Å². The third-order valence-electron chi connectivity index (χ3n) is 1.16. The Morgan fingerprint density at radius 1 is 1.25 bits per heavy atom. The smallest absolute Gasteiger partial charge is 1.00 e. The summed E-state index contributed by atoms with van der Waals surface area (Å²) in [7, 11) is -4.26.